The van der Waals surface area contributed by atoms with Crippen LogP contribution in [0.5, 0.6) is 0 Å². The lowest BCUT2D eigenvalue weighted by Crippen LogP contribution is -2.47. The third-order valence-corrected chi connectivity index (χ3v) is 4.27. The summed E-state index contributed by atoms with van der Waals surface area (Å²) in [5.74, 6) is -0.937. The van der Waals surface area contributed by atoms with E-state index in [1.165, 1.54) is 4.90 Å². The number of carbonyl (C=O) groups is 1. The zero-order valence-electron chi connectivity index (χ0n) is 13.6. The zero-order valence-corrected chi connectivity index (χ0v) is 13.6. The Kier molecular flexibility index (Phi) is 5.75. The van der Waals surface area contributed by atoms with Crippen LogP contribution >= 0.6 is 0 Å². The molecule has 2 fully saturated rings. The summed E-state index contributed by atoms with van der Waals surface area (Å²) in [7, 11) is 3.29. The molecular weight excluding hydrogens is 309 g/mol. The van der Waals surface area contributed by atoms with Crippen LogP contribution < -0.4 is 10.6 Å². The smallest absolute Gasteiger partial charge is 0.354 e. The number of rotatable bonds is 4. The molecule has 2 rings (SSSR count). The maximum atomic E-state index is 12.9. The summed E-state index contributed by atoms with van der Waals surface area (Å²) in [6, 6.07) is 0.0625. The summed E-state index contributed by atoms with van der Waals surface area (Å²) in [5.41, 5.74) is 0. The molecule has 2 atom stereocenters. The molecule has 0 aromatic rings. The molecule has 0 saturated heterocycles. The van der Waals surface area contributed by atoms with Crippen LogP contribution in [0.25, 0.3) is 0 Å². The molecule has 5 nitrogen and oxygen atoms in total. The van der Waals surface area contributed by atoms with E-state index >= 15 is 0 Å². The Morgan fingerprint density at radius 2 is 1.78 bits per heavy atom. The van der Waals surface area contributed by atoms with Crippen molar-refractivity contribution < 1.29 is 18.0 Å². The van der Waals surface area contributed by atoms with Gasteiger partial charge in [-0.2, -0.15) is 13.2 Å². The van der Waals surface area contributed by atoms with Crippen LogP contribution in [0.2, 0.25) is 0 Å². The Morgan fingerprint density at radius 3 is 2.35 bits per heavy atom. The molecule has 2 unspecified atom stereocenters. The standard InChI is InChI=1S/C15H25F3N4O/c1-22(2)13(23)9-19-14(20-11-6-7-11)21-12-5-3-4-10(8-12)15(16,17)18/h10-12H,3-9H2,1-2H3,(H2,19,20,21). The molecule has 0 aromatic carbocycles. The first kappa shape index (κ1) is 17.9. The number of halogens is 3. The molecule has 2 aliphatic carbocycles. The van der Waals surface area contributed by atoms with Crippen LogP contribution in [0, 0.1) is 5.92 Å². The first-order valence-corrected chi connectivity index (χ1v) is 8.10. The number of nitrogens with one attached hydrogen (secondary N) is 2. The summed E-state index contributed by atoms with van der Waals surface area (Å²) < 4.78 is 38.7. The van der Waals surface area contributed by atoms with Gasteiger partial charge in [-0.3, -0.25) is 4.79 Å². The zero-order chi connectivity index (χ0) is 17.0. The van der Waals surface area contributed by atoms with Crippen molar-refractivity contribution >= 4 is 11.9 Å². The molecule has 2 aliphatic rings. The lowest BCUT2D eigenvalue weighted by molar-refractivity contribution is -0.183. The highest BCUT2D eigenvalue weighted by Crippen LogP contribution is 2.37. The second-order valence-corrected chi connectivity index (χ2v) is 6.62. The third-order valence-electron chi connectivity index (χ3n) is 4.27. The average Bonchev–Trinajstić information content (AvgIpc) is 3.27. The van der Waals surface area contributed by atoms with Gasteiger partial charge >= 0.3 is 6.18 Å². The molecule has 8 heteroatoms. The number of nitrogens with zero attached hydrogens (tertiary/aromatic N) is 2. The lowest BCUT2D eigenvalue weighted by atomic mass is 9.85. The molecule has 132 valence electrons. The fraction of sp³-hybridized carbons (Fsp3) is 0.867. The normalized spacial score (nSPS) is 25.9. The maximum Gasteiger partial charge on any atom is 0.391 e. The Hall–Kier alpha value is -1.47. The van der Waals surface area contributed by atoms with Crippen molar-refractivity contribution in [2.75, 3.05) is 20.6 Å². The number of hydrogen-bond acceptors (Lipinski definition) is 2. The van der Waals surface area contributed by atoms with E-state index in [0.717, 1.165) is 12.8 Å². The van der Waals surface area contributed by atoms with Crippen molar-refractivity contribution in [3.05, 3.63) is 0 Å². The molecule has 0 spiro atoms. The van der Waals surface area contributed by atoms with Gasteiger partial charge in [0.05, 0.1) is 5.92 Å². The highest BCUT2D eigenvalue weighted by atomic mass is 19.4. The van der Waals surface area contributed by atoms with Crippen LogP contribution in [0.3, 0.4) is 0 Å². The highest BCUT2D eigenvalue weighted by molar-refractivity contribution is 5.85. The van der Waals surface area contributed by atoms with Crippen molar-refractivity contribution in [2.45, 2.75) is 56.8 Å². The van der Waals surface area contributed by atoms with Gasteiger partial charge in [-0.25, -0.2) is 4.99 Å². The minimum Gasteiger partial charge on any atom is -0.354 e. The number of hydrogen-bond donors (Lipinski definition) is 2. The molecule has 0 aliphatic heterocycles. The molecule has 2 N–H and O–H groups in total. The fourth-order valence-corrected chi connectivity index (χ4v) is 2.65. The topological polar surface area (TPSA) is 56.7 Å². The van der Waals surface area contributed by atoms with E-state index in [4.69, 9.17) is 0 Å². The Balaban J connectivity index is 1.93. The van der Waals surface area contributed by atoms with Crippen LogP contribution in [0.15, 0.2) is 4.99 Å². The van der Waals surface area contributed by atoms with Crippen molar-refractivity contribution in [1.29, 1.82) is 0 Å². The van der Waals surface area contributed by atoms with E-state index < -0.39 is 12.1 Å². The first-order chi connectivity index (χ1) is 10.8. The average molecular weight is 334 g/mol. The van der Waals surface area contributed by atoms with Crippen LogP contribution in [0.4, 0.5) is 13.2 Å². The van der Waals surface area contributed by atoms with Gasteiger partial charge in [-0.15, -0.1) is 0 Å². The van der Waals surface area contributed by atoms with Crippen LogP contribution in [-0.2, 0) is 4.79 Å². The number of likely N-dealkylation sites (N-methyl/N-ethyl adjacent to an activating group) is 1. The fourth-order valence-electron chi connectivity index (χ4n) is 2.65. The number of alkyl halides is 3. The van der Waals surface area contributed by atoms with E-state index in [1.807, 2.05) is 0 Å². The summed E-state index contributed by atoms with van der Waals surface area (Å²) >= 11 is 0. The number of guanidine groups is 1. The molecule has 2 saturated carbocycles. The van der Waals surface area contributed by atoms with Crippen molar-refractivity contribution in [3.63, 3.8) is 0 Å². The summed E-state index contributed by atoms with van der Waals surface area (Å²) in [4.78, 5) is 17.3. The highest BCUT2D eigenvalue weighted by Gasteiger charge is 2.42. The Morgan fingerprint density at radius 1 is 1.13 bits per heavy atom. The number of aliphatic imine (C=N–C) groups is 1. The van der Waals surface area contributed by atoms with Gasteiger partial charge in [0, 0.05) is 26.2 Å². The predicted molar refractivity (Wildman–Crippen MR) is 82.1 cm³/mol. The minimum atomic E-state index is -4.14. The van der Waals surface area contributed by atoms with Gasteiger partial charge in [0.15, 0.2) is 5.96 Å². The SMILES string of the molecule is CN(C)C(=O)CN=C(NC1CC1)NC1CCCC(C(F)(F)F)C1. The van der Waals surface area contributed by atoms with Gasteiger partial charge in [-0.1, -0.05) is 6.42 Å². The van der Waals surface area contributed by atoms with Gasteiger partial charge in [0.1, 0.15) is 6.54 Å². The van der Waals surface area contributed by atoms with Crippen molar-refractivity contribution in [3.8, 4) is 0 Å². The summed E-state index contributed by atoms with van der Waals surface area (Å²) in [6.07, 6.45) is -0.576. The first-order valence-electron chi connectivity index (χ1n) is 8.10. The molecule has 0 bridgehead atoms. The number of amides is 1. The molecule has 1 amide bonds. The Labute approximate surface area is 134 Å². The molecule has 23 heavy (non-hydrogen) atoms. The van der Waals surface area contributed by atoms with Gasteiger partial charge < -0.3 is 15.5 Å². The van der Waals surface area contributed by atoms with Crippen LogP contribution in [0.1, 0.15) is 38.5 Å². The second kappa shape index (κ2) is 7.40. The summed E-state index contributed by atoms with van der Waals surface area (Å²) in [5, 5.41) is 6.26. The van der Waals surface area contributed by atoms with E-state index in [9.17, 15) is 18.0 Å². The van der Waals surface area contributed by atoms with E-state index in [1.54, 1.807) is 14.1 Å². The minimum absolute atomic E-state index is 0.00945. The third kappa shape index (κ3) is 5.91. The number of carbonyl (C=O) groups excluding carboxylic acids is 1. The quantitative estimate of drug-likeness (QED) is 0.610. The van der Waals surface area contributed by atoms with Gasteiger partial charge in [0.25, 0.3) is 0 Å². The van der Waals surface area contributed by atoms with Crippen LogP contribution in [-0.4, -0.2) is 55.7 Å². The lowest BCUT2D eigenvalue weighted by Gasteiger charge is -2.32. The van der Waals surface area contributed by atoms with Gasteiger partial charge in [-0.05, 0) is 32.1 Å². The largest absolute Gasteiger partial charge is 0.391 e. The van der Waals surface area contributed by atoms with Crippen molar-refractivity contribution in [2.24, 2.45) is 10.9 Å². The van der Waals surface area contributed by atoms with E-state index in [-0.39, 0.29) is 31.3 Å². The predicted octanol–water partition coefficient (Wildman–Crippen LogP) is 1.89. The molecule has 0 heterocycles. The monoisotopic (exact) mass is 334 g/mol. The van der Waals surface area contributed by atoms with Crippen molar-refractivity contribution in [1.82, 2.24) is 15.5 Å². The Bertz CT molecular complexity index is 446. The maximum absolute atomic E-state index is 12.9. The molecular formula is C15H25F3N4O. The second-order valence-electron chi connectivity index (χ2n) is 6.62. The van der Waals surface area contributed by atoms with Gasteiger partial charge in [0.2, 0.25) is 5.91 Å². The summed E-state index contributed by atoms with van der Waals surface area (Å²) in [6.45, 7) is -0.00945. The van der Waals surface area contributed by atoms with E-state index in [0.29, 0.717) is 24.8 Å². The molecule has 0 radical (unpaired) electrons. The molecule has 0 aromatic heterocycles. The van der Waals surface area contributed by atoms with E-state index in [2.05, 4.69) is 15.6 Å².